The van der Waals surface area contributed by atoms with Crippen LogP contribution in [0.5, 0.6) is 0 Å². The first-order valence-corrected chi connectivity index (χ1v) is 6.71. The average Bonchev–Trinajstić information content (AvgIpc) is 2.54. The van der Waals surface area contributed by atoms with E-state index in [1.54, 1.807) is 19.2 Å². The first-order chi connectivity index (χ1) is 9.09. The van der Waals surface area contributed by atoms with Gasteiger partial charge in [0.1, 0.15) is 0 Å². The van der Waals surface area contributed by atoms with Crippen molar-refractivity contribution in [2.75, 3.05) is 5.32 Å². The van der Waals surface area contributed by atoms with Gasteiger partial charge in [-0.3, -0.25) is 10.1 Å². The summed E-state index contributed by atoms with van der Waals surface area (Å²) >= 11 is 0. The smallest absolute Gasteiger partial charge is 0.314 e. The number of hydrogen-bond donors (Lipinski definition) is 2. The van der Waals surface area contributed by atoms with E-state index in [0.29, 0.717) is 11.4 Å². The molecule has 19 heavy (non-hydrogen) atoms. The van der Waals surface area contributed by atoms with Crippen LogP contribution in [0.15, 0.2) is 12.3 Å². The lowest BCUT2D eigenvalue weighted by molar-refractivity contribution is -0.384. The van der Waals surface area contributed by atoms with Crippen molar-refractivity contribution in [3.05, 3.63) is 27.9 Å². The molecular weight excluding hydrogens is 244 g/mol. The third kappa shape index (κ3) is 3.20. The highest BCUT2D eigenvalue weighted by molar-refractivity contribution is 5.60. The molecule has 3 N–H and O–H groups in total. The third-order valence-corrected chi connectivity index (χ3v) is 3.70. The summed E-state index contributed by atoms with van der Waals surface area (Å²) in [6, 6.07) is 1.75. The molecule has 0 saturated heterocycles. The number of anilines is 1. The number of pyridine rings is 1. The molecule has 2 atom stereocenters. The Balaban J connectivity index is 2.22. The Morgan fingerprint density at radius 2 is 2.16 bits per heavy atom. The lowest BCUT2D eigenvalue weighted by Gasteiger charge is -2.23. The normalized spacial score (nSPS) is 23.7. The van der Waals surface area contributed by atoms with Crippen LogP contribution >= 0.6 is 0 Å². The zero-order chi connectivity index (χ0) is 13.8. The second kappa shape index (κ2) is 5.97. The zero-order valence-electron chi connectivity index (χ0n) is 11.1. The van der Waals surface area contributed by atoms with Crippen LogP contribution in [0.1, 0.15) is 37.7 Å². The lowest BCUT2D eigenvalue weighted by Crippen LogP contribution is -2.39. The van der Waals surface area contributed by atoms with Crippen LogP contribution in [0.25, 0.3) is 0 Å². The molecule has 1 fully saturated rings. The Bertz CT molecular complexity index is 464. The lowest BCUT2D eigenvalue weighted by atomic mass is 10.0. The van der Waals surface area contributed by atoms with E-state index in [-0.39, 0.29) is 22.7 Å². The Morgan fingerprint density at radius 1 is 1.42 bits per heavy atom. The predicted molar refractivity (Wildman–Crippen MR) is 74.1 cm³/mol. The monoisotopic (exact) mass is 264 g/mol. The van der Waals surface area contributed by atoms with Crippen LogP contribution in [-0.2, 0) is 0 Å². The molecule has 2 unspecified atom stereocenters. The summed E-state index contributed by atoms with van der Waals surface area (Å²) in [5, 5.41) is 14.3. The molecule has 0 aromatic carbocycles. The summed E-state index contributed by atoms with van der Waals surface area (Å²) in [5.41, 5.74) is 6.80. The minimum atomic E-state index is -0.382. The molecule has 1 aromatic rings. The fourth-order valence-electron chi connectivity index (χ4n) is 2.58. The minimum absolute atomic E-state index is 0.0319. The van der Waals surface area contributed by atoms with Crippen LogP contribution in [-0.4, -0.2) is 22.0 Å². The fourth-order valence-corrected chi connectivity index (χ4v) is 2.58. The number of nitrogens with zero attached hydrogens (tertiary/aromatic N) is 2. The molecule has 1 aliphatic carbocycles. The number of hydrogen-bond acceptors (Lipinski definition) is 5. The molecule has 0 amide bonds. The van der Waals surface area contributed by atoms with Gasteiger partial charge in [-0.2, -0.15) is 0 Å². The molecule has 0 bridgehead atoms. The van der Waals surface area contributed by atoms with Gasteiger partial charge in [-0.15, -0.1) is 0 Å². The number of nitro groups is 1. The molecule has 6 heteroatoms. The van der Waals surface area contributed by atoms with Gasteiger partial charge in [0.2, 0.25) is 5.82 Å². The summed E-state index contributed by atoms with van der Waals surface area (Å²) in [4.78, 5) is 14.9. The zero-order valence-corrected chi connectivity index (χ0v) is 11.1. The largest absolute Gasteiger partial charge is 0.360 e. The van der Waals surface area contributed by atoms with Crippen molar-refractivity contribution in [3.63, 3.8) is 0 Å². The number of nitrogens with two attached hydrogens (primary N) is 1. The minimum Gasteiger partial charge on any atom is -0.360 e. The Kier molecular flexibility index (Phi) is 4.31. The van der Waals surface area contributed by atoms with E-state index in [0.717, 1.165) is 25.7 Å². The highest BCUT2D eigenvalue weighted by atomic mass is 16.6. The quantitative estimate of drug-likeness (QED) is 0.496. The molecule has 0 aliphatic heterocycles. The molecular formula is C13H20N4O2. The van der Waals surface area contributed by atoms with Crippen molar-refractivity contribution in [1.82, 2.24) is 4.98 Å². The molecule has 104 valence electrons. The van der Waals surface area contributed by atoms with Crippen LogP contribution < -0.4 is 11.1 Å². The molecule has 6 nitrogen and oxygen atoms in total. The average molecular weight is 264 g/mol. The summed E-state index contributed by atoms with van der Waals surface area (Å²) in [6.07, 6.45) is 6.89. The summed E-state index contributed by atoms with van der Waals surface area (Å²) in [5.74, 6) is 0.340. The summed E-state index contributed by atoms with van der Waals surface area (Å²) in [7, 11) is 0. The van der Waals surface area contributed by atoms with E-state index in [1.165, 1.54) is 6.42 Å². The van der Waals surface area contributed by atoms with Crippen molar-refractivity contribution in [2.45, 2.75) is 51.1 Å². The molecule has 1 heterocycles. The molecule has 0 spiro atoms. The maximum Gasteiger partial charge on any atom is 0.314 e. The van der Waals surface area contributed by atoms with Crippen molar-refractivity contribution in [3.8, 4) is 0 Å². The van der Waals surface area contributed by atoms with Crippen LogP contribution in [0.2, 0.25) is 0 Å². The Morgan fingerprint density at radius 3 is 2.89 bits per heavy atom. The van der Waals surface area contributed by atoms with Gasteiger partial charge in [0.25, 0.3) is 0 Å². The van der Waals surface area contributed by atoms with Crippen molar-refractivity contribution in [1.29, 1.82) is 0 Å². The maximum atomic E-state index is 11.1. The highest BCUT2D eigenvalue weighted by Crippen LogP contribution is 2.28. The molecule has 1 saturated carbocycles. The topological polar surface area (TPSA) is 94.1 Å². The summed E-state index contributed by atoms with van der Waals surface area (Å²) in [6.45, 7) is 1.72. The second-order valence-electron chi connectivity index (χ2n) is 5.13. The van der Waals surface area contributed by atoms with Gasteiger partial charge < -0.3 is 11.1 Å². The van der Waals surface area contributed by atoms with E-state index >= 15 is 0 Å². The molecule has 1 aromatic heterocycles. The SMILES string of the molecule is Cc1ccnc(NC2CCCCCC2N)c1[N+](=O)[O-]. The number of aryl methyl sites for hydroxylation is 1. The first-order valence-electron chi connectivity index (χ1n) is 6.71. The van der Waals surface area contributed by atoms with Crippen molar-refractivity contribution >= 4 is 11.5 Å². The third-order valence-electron chi connectivity index (χ3n) is 3.70. The van der Waals surface area contributed by atoms with E-state index in [1.807, 2.05) is 0 Å². The van der Waals surface area contributed by atoms with Gasteiger partial charge >= 0.3 is 5.69 Å². The second-order valence-corrected chi connectivity index (χ2v) is 5.13. The van der Waals surface area contributed by atoms with E-state index in [2.05, 4.69) is 10.3 Å². The van der Waals surface area contributed by atoms with Crippen LogP contribution in [0, 0.1) is 17.0 Å². The first kappa shape index (κ1) is 13.7. The van der Waals surface area contributed by atoms with Crippen molar-refractivity contribution in [2.24, 2.45) is 5.73 Å². The molecule has 2 rings (SSSR count). The van der Waals surface area contributed by atoms with Gasteiger partial charge in [0, 0.05) is 23.8 Å². The number of rotatable bonds is 3. The van der Waals surface area contributed by atoms with E-state index in [4.69, 9.17) is 5.73 Å². The standard InChI is InChI=1S/C13H20N4O2/c1-9-7-8-15-13(12(9)17(18)19)16-11-6-4-2-3-5-10(11)14/h7-8,10-11H,2-6,14H2,1H3,(H,15,16). The van der Waals surface area contributed by atoms with Gasteiger partial charge in [-0.05, 0) is 25.8 Å². The predicted octanol–water partition coefficient (Wildman–Crippen LogP) is 2.37. The number of aromatic nitrogens is 1. The number of nitrogens with one attached hydrogen (secondary N) is 1. The van der Waals surface area contributed by atoms with E-state index in [9.17, 15) is 10.1 Å². The highest BCUT2D eigenvalue weighted by Gasteiger charge is 2.25. The van der Waals surface area contributed by atoms with Gasteiger partial charge in [0.15, 0.2) is 0 Å². The van der Waals surface area contributed by atoms with Crippen LogP contribution in [0.4, 0.5) is 11.5 Å². The summed E-state index contributed by atoms with van der Waals surface area (Å²) < 4.78 is 0. The van der Waals surface area contributed by atoms with Gasteiger partial charge in [-0.1, -0.05) is 19.3 Å². The van der Waals surface area contributed by atoms with Gasteiger partial charge in [-0.25, -0.2) is 4.98 Å². The van der Waals surface area contributed by atoms with Crippen molar-refractivity contribution < 1.29 is 4.92 Å². The van der Waals surface area contributed by atoms with E-state index < -0.39 is 0 Å². The Labute approximate surface area is 112 Å². The molecule has 1 aliphatic rings. The van der Waals surface area contributed by atoms with Crippen LogP contribution in [0.3, 0.4) is 0 Å². The molecule has 0 radical (unpaired) electrons. The Hall–Kier alpha value is -1.69. The maximum absolute atomic E-state index is 11.1. The van der Waals surface area contributed by atoms with Gasteiger partial charge in [0.05, 0.1) is 4.92 Å². The fraction of sp³-hybridized carbons (Fsp3) is 0.615.